The lowest BCUT2D eigenvalue weighted by Gasteiger charge is -1.96. The Bertz CT molecular complexity index is 367. The maximum Gasteiger partial charge on any atom is 0.0991 e. The molecule has 2 aromatic rings. The number of hydrogen-bond acceptors (Lipinski definition) is 2. The molecule has 0 N–H and O–H groups in total. The first kappa shape index (κ1) is 6.73. The first-order valence-electron chi connectivity index (χ1n) is 3.36. The Morgan fingerprint density at radius 1 is 1.55 bits per heavy atom. The number of pyridine rings is 1. The van der Waals surface area contributed by atoms with Gasteiger partial charge in [-0.15, -0.1) is 11.8 Å². The van der Waals surface area contributed by atoms with Gasteiger partial charge in [0, 0.05) is 11.1 Å². The van der Waals surface area contributed by atoms with Gasteiger partial charge >= 0.3 is 0 Å². The average Bonchev–Trinajstić information content (AvgIpc) is 2.50. The SMILES string of the molecule is CSc1ccn2cncc2c1. The van der Waals surface area contributed by atoms with Gasteiger partial charge < -0.3 is 4.40 Å². The van der Waals surface area contributed by atoms with Crippen molar-refractivity contribution in [2.75, 3.05) is 6.26 Å². The van der Waals surface area contributed by atoms with E-state index >= 15 is 0 Å². The van der Waals surface area contributed by atoms with Crippen LogP contribution >= 0.6 is 11.8 Å². The predicted molar refractivity (Wildman–Crippen MR) is 47.0 cm³/mol. The van der Waals surface area contributed by atoms with Gasteiger partial charge in [-0.2, -0.15) is 0 Å². The van der Waals surface area contributed by atoms with E-state index in [-0.39, 0.29) is 0 Å². The first-order chi connectivity index (χ1) is 5.40. The second-order valence-corrected chi connectivity index (χ2v) is 3.17. The number of nitrogens with zero attached hydrogens (tertiary/aromatic N) is 2. The lowest BCUT2D eigenvalue weighted by atomic mass is 10.4. The summed E-state index contributed by atoms with van der Waals surface area (Å²) >= 11 is 1.75. The molecule has 2 nitrogen and oxygen atoms in total. The molecule has 0 unspecified atom stereocenters. The van der Waals surface area contributed by atoms with Crippen LogP contribution < -0.4 is 0 Å². The number of rotatable bonds is 1. The summed E-state index contributed by atoms with van der Waals surface area (Å²) in [6, 6.07) is 4.21. The molecule has 0 fully saturated rings. The van der Waals surface area contributed by atoms with Gasteiger partial charge in [0.1, 0.15) is 0 Å². The molecule has 0 radical (unpaired) electrons. The Morgan fingerprint density at radius 2 is 2.45 bits per heavy atom. The molecule has 3 heteroatoms. The van der Waals surface area contributed by atoms with Crippen LogP contribution in [-0.2, 0) is 0 Å². The molecule has 56 valence electrons. The zero-order valence-electron chi connectivity index (χ0n) is 6.19. The van der Waals surface area contributed by atoms with Crippen LogP contribution in [0.2, 0.25) is 0 Å². The molecule has 11 heavy (non-hydrogen) atoms. The van der Waals surface area contributed by atoms with Crippen molar-refractivity contribution in [1.82, 2.24) is 9.38 Å². The topological polar surface area (TPSA) is 17.3 Å². The van der Waals surface area contributed by atoms with Crippen molar-refractivity contribution in [1.29, 1.82) is 0 Å². The molecule has 0 amide bonds. The van der Waals surface area contributed by atoms with Crippen molar-refractivity contribution in [3.05, 3.63) is 30.9 Å². The zero-order chi connectivity index (χ0) is 7.68. The van der Waals surface area contributed by atoms with Crippen LogP contribution in [0.25, 0.3) is 5.52 Å². The highest BCUT2D eigenvalue weighted by molar-refractivity contribution is 7.98. The largest absolute Gasteiger partial charge is 0.306 e. The maximum atomic E-state index is 4.03. The van der Waals surface area contributed by atoms with Crippen LogP contribution in [0.4, 0.5) is 0 Å². The smallest absolute Gasteiger partial charge is 0.0991 e. The van der Waals surface area contributed by atoms with Crippen LogP contribution in [0.15, 0.2) is 35.7 Å². The highest BCUT2D eigenvalue weighted by atomic mass is 32.2. The van der Waals surface area contributed by atoms with Crippen molar-refractivity contribution in [2.24, 2.45) is 0 Å². The molecule has 0 saturated carbocycles. The molecule has 0 aliphatic rings. The molecular formula is C8H8N2S. The molecule has 0 aliphatic carbocycles. The van der Waals surface area contributed by atoms with E-state index in [0.717, 1.165) is 5.52 Å². The predicted octanol–water partition coefficient (Wildman–Crippen LogP) is 2.06. The highest BCUT2D eigenvalue weighted by Crippen LogP contribution is 2.15. The molecule has 0 spiro atoms. The molecule has 2 rings (SSSR count). The lowest BCUT2D eigenvalue weighted by molar-refractivity contribution is 1.14. The molecule has 2 aromatic heterocycles. The zero-order valence-corrected chi connectivity index (χ0v) is 7.01. The monoisotopic (exact) mass is 164 g/mol. The van der Waals surface area contributed by atoms with Gasteiger partial charge in [0.25, 0.3) is 0 Å². The summed E-state index contributed by atoms with van der Waals surface area (Å²) in [5.41, 5.74) is 1.15. The fourth-order valence-corrected chi connectivity index (χ4v) is 1.46. The van der Waals surface area contributed by atoms with Gasteiger partial charge in [0.15, 0.2) is 0 Å². The summed E-state index contributed by atoms with van der Waals surface area (Å²) in [5, 5.41) is 0. The Hall–Kier alpha value is -0.960. The van der Waals surface area contributed by atoms with Crippen molar-refractivity contribution >= 4 is 17.3 Å². The number of aromatic nitrogens is 2. The molecular weight excluding hydrogens is 156 g/mol. The van der Waals surface area contributed by atoms with Gasteiger partial charge in [-0.1, -0.05) is 0 Å². The second-order valence-electron chi connectivity index (χ2n) is 2.29. The number of imidazole rings is 1. The van der Waals surface area contributed by atoms with Gasteiger partial charge in [-0.05, 0) is 18.4 Å². The van der Waals surface area contributed by atoms with E-state index in [1.54, 1.807) is 18.1 Å². The Labute approximate surface area is 69.3 Å². The minimum atomic E-state index is 1.15. The fourth-order valence-electron chi connectivity index (χ4n) is 1.03. The quantitative estimate of drug-likeness (QED) is 0.600. The standard InChI is InChI=1S/C8H8N2S/c1-11-8-2-3-10-6-9-5-7(10)4-8/h2-6H,1H3. The van der Waals surface area contributed by atoms with Crippen LogP contribution in [0, 0.1) is 0 Å². The normalized spacial score (nSPS) is 10.6. The van der Waals surface area contributed by atoms with Gasteiger partial charge in [-0.3, -0.25) is 0 Å². The third-order valence-corrected chi connectivity index (χ3v) is 2.35. The van der Waals surface area contributed by atoms with Crippen LogP contribution in [0.1, 0.15) is 0 Å². The Balaban J connectivity index is 2.67. The lowest BCUT2D eigenvalue weighted by Crippen LogP contribution is -1.79. The van der Waals surface area contributed by atoms with Crippen LogP contribution in [0.5, 0.6) is 0 Å². The van der Waals surface area contributed by atoms with Crippen molar-refractivity contribution < 1.29 is 0 Å². The second kappa shape index (κ2) is 2.58. The highest BCUT2D eigenvalue weighted by Gasteiger charge is 1.93. The minimum Gasteiger partial charge on any atom is -0.306 e. The first-order valence-corrected chi connectivity index (χ1v) is 4.58. The minimum absolute atomic E-state index is 1.15. The summed E-state index contributed by atoms with van der Waals surface area (Å²) in [4.78, 5) is 5.31. The summed E-state index contributed by atoms with van der Waals surface area (Å²) in [7, 11) is 0. The van der Waals surface area contributed by atoms with Gasteiger partial charge in [0.05, 0.1) is 18.0 Å². The number of thioether (sulfide) groups is 1. The van der Waals surface area contributed by atoms with Gasteiger partial charge in [-0.25, -0.2) is 4.98 Å². The van der Waals surface area contributed by atoms with E-state index in [4.69, 9.17) is 0 Å². The molecule has 0 saturated heterocycles. The molecule has 0 aliphatic heterocycles. The van der Waals surface area contributed by atoms with E-state index < -0.39 is 0 Å². The Morgan fingerprint density at radius 3 is 3.27 bits per heavy atom. The van der Waals surface area contributed by atoms with Crippen LogP contribution in [-0.4, -0.2) is 15.6 Å². The fraction of sp³-hybridized carbons (Fsp3) is 0.125. The third-order valence-electron chi connectivity index (χ3n) is 1.62. The maximum absolute atomic E-state index is 4.03. The molecule has 2 heterocycles. The van der Waals surface area contributed by atoms with Crippen molar-refractivity contribution in [2.45, 2.75) is 4.90 Å². The van der Waals surface area contributed by atoms with Crippen LogP contribution in [0.3, 0.4) is 0 Å². The van der Waals surface area contributed by atoms with Crippen molar-refractivity contribution in [3.8, 4) is 0 Å². The van der Waals surface area contributed by atoms with E-state index in [1.807, 2.05) is 16.8 Å². The van der Waals surface area contributed by atoms with Crippen molar-refractivity contribution in [3.63, 3.8) is 0 Å². The molecule has 0 aromatic carbocycles. The summed E-state index contributed by atoms with van der Waals surface area (Å²) in [6.45, 7) is 0. The van der Waals surface area contributed by atoms with E-state index in [1.165, 1.54) is 4.90 Å². The summed E-state index contributed by atoms with van der Waals surface area (Å²) < 4.78 is 2.00. The number of fused-ring (bicyclic) bond motifs is 1. The number of hydrogen-bond donors (Lipinski definition) is 0. The Kier molecular flexibility index (Phi) is 1.58. The van der Waals surface area contributed by atoms with E-state index in [9.17, 15) is 0 Å². The van der Waals surface area contributed by atoms with E-state index in [0.29, 0.717) is 0 Å². The molecule has 0 bridgehead atoms. The summed E-state index contributed by atoms with van der Waals surface area (Å²) in [6.07, 6.45) is 7.76. The third kappa shape index (κ3) is 1.12. The summed E-state index contributed by atoms with van der Waals surface area (Å²) in [5.74, 6) is 0. The molecule has 0 atom stereocenters. The average molecular weight is 164 g/mol. The van der Waals surface area contributed by atoms with E-state index in [2.05, 4.69) is 23.4 Å². The van der Waals surface area contributed by atoms with Gasteiger partial charge in [0.2, 0.25) is 0 Å².